The number of amides is 1. The average molecular weight is 449 g/mol. The molecule has 0 atom stereocenters. The number of hydrogen-bond donors (Lipinski definition) is 2. The maximum atomic E-state index is 12.4. The summed E-state index contributed by atoms with van der Waals surface area (Å²) < 4.78 is 24.8. The Hall–Kier alpha value is -3.38. The zero-order valence-electron chi connectivity index (χ0n) is 17.2. The Kier molecular flexibility index (Phi) is 7.02. The second-order valence-electron chi connectivity index (χ2n) is 7.36. The topological polar surface area (TPSA) is 41.1 Å². The largest absolute Gasteiger partial charge is 0.381 e. The third-order valence-electron chi connectivity index (χ3n) is 4.99. The van der Waals surface area contributed by atoms with Crippen LogP contribution in [0.5, 0.6) is 0 Å². The molecule has 0 saturated carbocycles. The molecule has 0 heterocycles. The first-order valence-corrected chi connectivity index (χ1v) is 11.1. The third-order valence-corrected chi connectivity index (χ3v) is 5.71. The Labute approximate surface area is 189 Å². The first-order valence-electron chi connectivity index (χ1n) is 10.2. The fourth-order valence-electron chi connectivity index (χ4n) is 3.40. The van der Waals surface area contributed by atoms with E-state index in [-0.39, 0.29) is 12.3 Å². The van der Waals surface area contributed by atoms with Crippen LogP contribution >= 0.6 is 11.8 Å². The smallest absolute Gasteiger partial charge is 0.288 e. The molecule has 0 fully saturated rings. The summed E-state index contributed by atoms with van der Waals surface area (Å²) in [5.74, 6) is -2.61. The highest BCUT2D eigenvalue weighted by Gasteiger charge is 2.07. The van der Waals surface area contributed by atoms with Crippen molar-refractivity contribution in [1.29, 1.82) is 0 Å². The molecule has 4 rings (SSSR count). The van der Waals surface area contributed by atoms with Crippen molar-refractivity contribution >= 4 is 39.8 Å². The van der Waals surface area contributed by atoms with E-state index in [9.17, 15) is 13.6 Å². The summed E-state index contributed by atoms with van der Waals surface area (Å²) in [7, 11) is 0. The highest BCUT2D eigenvalue weighted by Crippen LogP contribution is 2.26. The molecular formula is C26H22F2N2OS. The third kappa shape index (κ3) is 6.08. The number of anilines is 2. The summed E-state index contributed by atoms with van der Waals surface area (Å²) in [6, 6.07) is 28.9. The summed E-state index contributed by atoms with van der Waals surface area (Å²) >= 11 is 0.481. The van der Waals surface area contributed by atoms with Gasteiger partial charge in [0.15, 0.2) is 0 Å². The van der Waals surface area contributed by atoms with Crippen molar-refractivity contribution in [2.75, 3.05) is 10.6 Å². The fourth-order valence-corrected chi connectivity index (χ4v) is 3.90. The molecule has 4 aromatic carbocycles. The van der Waals surface area contributed by atoms with E-state index in [2.05, 4.69) is 41.0 Å². The fraction of sp³-hybridized carbons (Fsp3) is 0.115. The van der Waals surface area contributed by atoms with Gasteiger partial charge in [0, 0.05) is 22.8 Å². The summed E-state index contributed by atoms with van der Waals surface area (Å²) in [6.07, 6.45) is 0.235. The zero-order chi connectivity index (χ0) is 22.3. The monoisotopic (exact) mass is 448 g/mol. The number of alkyl halides is 2. The molecule has 1 amide bonds. The Bertz CT molecular complexity index is 1190. The van der Waals surface area contributed by atoms with Gasteiger partial charge in [-0.2, -0.15) is 8.78 Å². The Balaban J connectivity index is 1.28. The number of thioether (sulfide) groups is 1. The molecule has 6 heteroatoms. The van der Waals surface area contributed by atoms with E-state index in [4.69, 9.17) is 0 Å². The van der Waals surface area contributed by atoms with E-state index < -0.39 is 5.76 Å². The summed E-state index contributed by atoms with van der Waals surface area (Å²) in [4.78, 5) is 12.8. The molecule has 0 unspecified atom stereocenters. The molecular weight excluding hydrogens is 426 g/mol. The van der Waals surface area contributed by atoms with Crippen molar-refractivity contribution in [3.63, 3.8) is 0 Å². The number of fused-ring (bicyclic) bond motifs is 1. The van der Waals surface area contributed by atoms with Crippen molar-refractivity contribution in [3.05, 3.63) is 102 Å². The van der Waals surface area contributed by atoms with Gasteiger partial charge in [-0.1, -0.05) is 60.3 Å². The normalized spacial score (nSPS) is 11.0. The number of carbonyl (C=O) groups is 1. The van der Waals surface area contributed by atoms with Crippen LogP contribution < -0.4 is 10.6 Å². The maximum absolute atomic E-state index is 12.4. The van der Waals surface area contributed by atoms with Crippen LogP contribution in [0.15, 0.2) is 95.9 Å². The van der Waals surface area contributed by atoms with Crippen LogP contribution in [0.1, 0.15) is 11.1 Å². The van der Waals surface area contributed by atoms with Crippen LogP contribution in [-0.2, 0) is 17.8 Å². The maximum Gasteiger partial charge on any atom is 0.288 e. The first kappa shape index (κ1) is 21.8. The minimum absolute atomic E-state index is 0.156. The van der Waals surface area contributed by atoms with Crippen molar-refractivity contribution in [1.82, 2.24) is 0 Å². The van der Waals surface area contributed by atoms with E-state index >= 15 is 0 Å². The molecule has 0 aliphatic rings. The number of carbonyl (C=O) groups excluding carboxylic acids is 1. The molecule has 32 heavy (non-hydrogen) atoms. The molecule has 0 saturated heterocycles. The van der Waals surface area contributed by atoms with Gasteiger partial charge in [0.2, 0.25) is 5.91 Å². The van der Waals surface area contributed by atoms with Gasteiger partial charge >= 0.3 is 0 Å². The van der Waals surface area contributed by atoms with Crippen LogP contribution in [0, 0.1) is 0 Å². The summed E-state index contributed by atoms with van der Waals surface area (Å²) in [5, 5.41) is 8.65. The van der Waals surface area contributed by atoms with Crippen LogP contribution in [0.3, 0.4) is 0 Å². The van der Waals surface area contributed by atoms with E-state index in [0.717, 1.165) is 11.3 Å². The van der Waals surface area contributed by atoms with Crippen LogP contribution in [0.4, 0.5) is 20.2 Å². The number of benzene rings is 4. The van der Waals surface area contributed by atoms with E-state index in [1.165, 1.54) is 16.3 Å². The van der Waals surface area contributed by atoms with Crippen molar-refractivity contribution in [3.8, 4) is 0 Å². The lowest BCUT2D eigenvalue weighted by atomic mass is 10.1. The quantitative estimate of drug-likeness (QED) is 0.287. The second kappa shape index (κ2) is 10.3. The molecule has 0 aliphatic carbocycles. The molecule has 0 bridgehead atoms. The lowest BCUT2D eigenvalue weighted by Crippen LogP contribution is -2.14. The molecule has 0 aliphatic heterocycles. The summed E-state index contributed by atoms with van der Waals surface area (Å²) in [5.41, 5.74) is 3.66. The second-order valence-corrected chi connectivity index (χ2v) is 8.42. The lowest BCUT2D eigenvalue weighted by molar-refractivity contribution is -0.115. The Morgan fingerprint density at radius 3 is 2.16 bits per heavy atom. The van der Waals surface area contributed by atoms with Crippen molar-refractivity contribution in [2.24, 2.45) is 0 Å². The average Bonchev–Trinajstić information content (AvgIpc) is 2.79. The van der Waals surface area contributed by atoms with Gasteiger partial charge in [0.1, 0.15) is 0 Å². The van der Waals surface area contributed by atoms with Gasteiger partial charge in [-0.3, -0.25) is 4.79 Å². The number of rotatable bonds is 8. The Morgan fingerprint density at radius 1 is 0.781 bits per heavy atom. The van der Waals surface area contributed by atoms with Gasteiger partial charge < -0.3 is 10.6 Å². The van der Waals surface area contributed by atoms with E-state index in [1.807, 2.05) is 36.4 Å². The van der Waals surface area contributed by atoms with Gasteiger partial charge in [-0.25, -0.2) is 0 Å². The highest BCUT2D eigenvalue weighted by atomic mass is 32.2. The van der Waals surface area contributed by atoms with Gasteiger partial charge in [0.05, 0.1) is 6.42 Å². The van der Waals surface area contributed by atoms with Gasteiger partial charge in [-0.15, -0.1) is 0 Å². The van der Waals surface area contributed by atoms with E-state index in [0.29, 0.717) is 28.9 Å². The molecule has 0 spiro atoms. The minimum atomic E-state index is -2.46. The standard InChI is InChI=1S/C26H22F2N2OS/c27-26(28)32-24-13-11-23(12-14-24)30-25(31)16-18-6-9-22(10-7-18)29-17-19-5-8-20-3-1-2-4-21(20)15-19/h1-15,26,29H,16-17H2,(H,30,31). The number of halogens is 2. The Morgan fingerprint density at radius 2 is 1.44 bits per heavy atom. The number of hydrogen-bond acceptors (Lipinski definition) is 3. The predicted octanol–water partition coefficient (Wildman–Crippen LogP) is 6.95. The predicted molar refractivity (Wildman–Crippen MR) is 128 cm³/mol. The molecule has 4 aromatic rings. The summed E-state index contributed by atoms with van der Waals surface area (Å²) in [6.45, 7) is 0.713. The molecule has 0 radical (unpaired) electrons. The first-order chi connectivity index (χ1) is 15.5. The molecule has 162 valence electrons. The molecule has 0 aromatic heterocycles. The van der Waals surface area contributed by atoms with E-state index in [1.54, 1.807) is 24.3 Å². The van der Waals surface area contributed by atoms with Crippen LogP contribution in [-0.4, -0.2) is 11.7 Å². The molecule has 3 nitrogen and oxygen atoms in total. The van der Waals surface area contributed by atoms with Crippen molar-refractivity contribution in [2.45, 2.75) is 23.6 Å². The van der Waals surface area contributed by atoms with Crippen LogP contribution in [0.25, 0.3) is 10.8 Å². The van der Waals surface area contributed by atoms with Crippen molar-refractivity contribution < 1.29 is 13.6 Å². The SMILES string of the molecule is O=C(Cc1ccc(NCc2ccc3ccccc3c2)cc1)Nc1ccc(SC(F)F)cc1. The van der Waals surface area contributed by atoms with Gasteiger partial charge in [-0.05, 0) is 64.4 Å². The zero-order valence-corrected chi connectivity index (χ0v) is 18.0. The minimum Gasteiger partial charge on any atom is -0.381 e. The van der Waals surface area contributed by atoms with Crippen LogP contribution in [0.2, 0.25) is 0 Å². The number of nitrogens with one attached hydrogen (secondary N) is 2. The van der Waals surface area contributed by atoms with Gasteiger partial charge in [0.25, 0.3) is 5.76 Å². The lowest BCUT2D eigenvalue weighted by Gasteiger charge is -2.09. The molecule has 2 N–H and O–H groups in total. The highest BCUT2D eigenvalue weighted by molar-refractivity contribution is 7.99.